The Morgan fingerprint density at radius 3 is 2.12 bits per heavy atom. The second-order valence-electron chi connectivity index (χ2n) is 17.1. The molecule has 3 fully saturated rings. The zero-order valence-electron chi connectivity index (χ0n) is 39.2. The van der Waals surface area contributed by atoms with Gasteiger partial charge < -0.3 is 80.3 Å². The fourth-order valence-electron chi connectivity index (χ4n) is 8.98. The minimum absolute atomic E-state index is 0.00975. The highest BCUT2D eigenvalue weighted by Gasteiger charge is 2.58. The molecule has 0 amide bonds. The lowest BCUT2D eigenvalue weighted by Crippen LogP contribution is -2.45. The van der Waals surface area contributed by atoms with Crippen molar-refractivity contribution in [1.82, 2.24) is 53.6 Å². The summed E-state index contributed by atoms with van der Waals surface area (Å²) in [6.45, 7) is -7.66. The number of aryl methyl sites for hydroxylation is 1. The first-order chi connectivity index (χ1) is 35.7. The van der Waals surface area contributed by atoms with Crippen molar-refractivity contribution in [3.05, 3.63) is 46.0 Å². The Labute approximate surface area is 427 Å². The number of nitrogens with one attached hydrogen (secondary N) is 2. The molecule has 3 aliphatic heterocycles. The molecule has 15 N–H and O–H groups in total. The summed E-state index contributed by atoms with van der Waals surface area (Å²) >= 11 is -0.166. The predicted molar refractivity (Wildman–Crippen MR) is 254 cm³/mol. The Morgan fingerprint density at radius 2 is 1.41 bits per heavy atom. The van der Waals surface area contributed by atoms with Crippen molar-refractivity contribution in [2.24, 2.45) is 13.0 Å². The Balaban J connectivity index is 0.888. The van der Waals surface area contributed by atoms with E-state index in [2.05, 4.69) is 48.5 Å². The highest BCUT2D eigenvalue weighted by atomic mass is 32.7. The minimum atomic E-state index is -6.09. The van der Waals surface area contributed by atoms with E-state index in [1.807, 2.05) is 0 Å². The average molecular weight is 1170 g/mol. The van der Waals surface area contributed by atoms with Gasteiger partial charge in [0.05, 0.1) is 51.7 Å². The van der Waals surface area contributed by atoms with Gasteiger partial charge in [-0.15, -0.1) is 0 Å². The van der Waals surface area contributed by atoms with Gasteiger partial charge in [-0.05, 0) is 11.4 Å². The molecule has 0 aliphatic carbocycles. The van der Waals surface area contributed by atoms with Gasteiger partial charge in [0.25, 0.3) is 17.1 Å². The smallest absolute Gasteiger partial charge is 0.387 e. The number of hydrogen-bond donors (Lipinski definition) is 12. The number of nitrogens with zero attached hydrogens (tertiary/aromatic N) is 10. The number of anilines is 3. The summed E-state index contributed by atoms with van der Waals surface area (Å²) in [4.78, 5) is 97.6. The number of phosphoric ester groups is 1. The third-order valence-electron chi connectivity index (χ3n) is 12.3. The Bertz CT molecular complexity index is 3490. The highest BCUT2D eigenvalue weighted by Crippen LogP contribution is 2.72. The van der Waals surface area contributed by atoms with Gasteiger partial charge in [-0.1, -0.05) is 4.98 Å². The first-order valence-electron chi connectivity index (χ1n) is 21.8. The maximum atomic E-state index is 14.5. The largest absolute Gasteiger partial charge is 0.488 e. The molecule has 37 nitrogen and oxygen atoms in total. The van der Waals surface area contributed by atoms with Crippen LogP contribution in [0.2, 0.25) is 0 Å². The molecule has 0 saturated carbocycles. The number of aromatic nitrogens is 12. The summed E-state index contributed by atoms with van der Waals surface area (Å²) in [7, 11) is -13.2. The fraction of sp³-hybridized carbons (Fsp3) is 0.559. The summed E-state index contributed by atoms with van der Waals surface area (Å²) in [6, 6.07) is 0. The summed E-state index contributed by atoms with van der Waals surface area (Å²) < 4.78 is 107. The van der Waals surface area contributed by atoms with Crippen LogP contribution in [-0.2, 0) is 66.7 Å². The number of aromatic amines is 2. The maximum absolute atomic E-state index is 14.5. The number of ether oxygens (including phenoxy) is 5. The number of methoxy groups -OCH3 is 2. The summed E-state index contributed by atoms with van der Waals surface area (Å²) in [5.41, 5.74) is 14.0. The number of fused-ring (bicyclic) bond motifs is 3. The number of rotatable bonds is 20. The van der Waals surface area contributed by atoms with Gasteiger partial charge in [-0.25, -0.2) is 38.2 Å². The average Bonchev–Trinajstić information content (AvgIpc) is 4.21. The van der Waals surface area contributed by atoms with E-state index >= 15 is 0 Å². The zero-order valence-corrected chi connectivity index (χ0v) is 43.6. The van der Waals surface area contributed by atoms with Gasteiger partial charge in [0.1, 0.15) is 48.0 Å². The first-order valence-corrected chi connectivity index (χ1v) is 29.6. The van der Waals surface area contributed by atoms with E-state index in [9.17, 15) is 62.7 Å². The molecule has 0 spiro atoms. The monoisotopic (exact) mass is 1170 g/mol. The van der Waals surface area contributed by atoms with Crippen molar-refractivity contribution in [1.29, 1.82) is 0 Å². The molecule has 0 radical (unpaired) electrons. The van der Waals surface area contributed by atoms with E-state index in [0.29, 0.717) is 0 Å². The summed E-state index contributed by atoms with van der Waals surface area (Å²) in [6.07, 6.45) is -10.7. The van der Waals surface area contributed by atoms with Crippen LogP contribution in [-0.4, -0.2) is 177 Å². The molecule has 3 aliphatic rings. The molecule has 0 aromatic carbocycles. The molecule has 76 heavy (non-hydrogen) atoms. The van der Waals surface area contributed by atoms with Gasteiger partial charge in [-0.3, -0.25) is 42.3 Å². The van der Waals surface area contributed by atoms with Gasteiger partial charge in [0.15, 0.2) is 41.4 Å². The molecule has 16 atom stereocenters. The zero-order chi connectivity index (χ0) is 55.0. The number of aliphatic hydroxyl groups is 3. The van der Waals surface area contributed by atoms with Crippen molar-refractivity contribution in [3.63, 3.8) is 0 Å². The van der Waals surface area contributed by atoms with Crippen LogP contribution in [0.15, 0.2) is 34.9 Å². The van der Waals surface area contributed by atoms with E-state index in [4.69, 9.17) is 49.9 Å². The van der Waals surface area contributed by atoms with Crippen LogP contribution in [0, 0.1) is 5.92 Å². The Morgan fingerprint density at radius 1 is 0.750 bits per heavy atom. The van der Waals surface area contributed by atoms with Crippen LogP contribution < -0.4 is 32.9 Å². The molecule has 9 rings (SSSR count). The van der Waals surface area contributed by atoms with Crippen LogP contribution in [0.4, 0.5) is 17.7 Å². The standard InChI is InChI=1S/C34H47N15O22P4S/c1-46-11-49(27-18(46)29(54)45-34(37)43-27)30-19(50)12(4-63-2)13(67-30)5-66-73(57,58)70-74(59,60)71-75(61,62)76-7-15-23(22(64-3)32(69-15)47-9-40-16-24(35)38-8-39-25(16)47)72(55,56)65-6-14-20(51)21(52)31(68-14)48-10-41-17-26(48)42-33(36)44-28(17)53/h8-15,19-23,30-32,50-52H,4-7H2,1-3H3,(H11-,35,36,37,38,39,42,43,44,45,53,54,55,56,57,58,59,60,61,62)/p+1/t12-,13-,14-,15-,19-,20-,21-,22-,23-,30-,31-,32-/m1/s1. The number of imidazole rings is 3. The van der Waals surface area contributed by atoms with Gasteiger partial charge >= 0.3 is 35.7 Å². The fourth-order valence-corrected chi connectivity index (χ4v) is 16.9. The lowest BCUT2D eigenvalue weighted by molar-refractivity contribution is -0.745. The number of phosphoric acid groups is 2. The number of H-pyrrole nitrogens is 2. The molecule has 3 saturated heterocycles. The maximum Gasteiger partial charge on any atom is 0.488 e. The second-order valence-corrected chi connectivity index (χ2v) is 26.2. The normalized spacial score (nSPS) is 30.2. The topological polar surface area (TPSA) is 533 Å². The molecule has 6 aromatic heterocycles. The SMILES string of the molecule is COC[C@H]1[C@@H](O)[C@H]([n+]2cn(C)c3c(=O)[nH]c(N)nc32)O[C@@H]1COP(=O)(O)OP(=O)(O)OP(=O)(O)SC[C@H]1O[C@@H](n2cnc3c(N)ncnc32)[C@H](OC)[C@@H]1P(=O)(O)OC[C@H]1O[C@@H](n2cnc3c(=O)[nH]c(N)nc32)[C@H](O)[C@@H]1O. The first kappa shape index (κ1) is 56.0. The molecule has 0 bridgehead atoms. The second kappa shape index (κ2) is 21.2. The molecular weight excluding hydrogens is 1130 g/mol. The number of aliphatic hydroxyl groups excluding tert-OH is 3. The number of nitrogens with two attached hydrogens (primary N) is 3. The van der Waals surface area contributed by atoms with Crippen molar-refractivity contribution < 1.29 is 99.1 Å². The van der Waals surface area contributed by atoms with E-state index in [1.54, 1.807) is 0 Å². The highest BCUT2D eigenvalue weighted by molar-refractivity contribution is 8.55. The molecule has 6 aromatic rings. The van der Waals surface area contributed by atoms with Crippen molar-refractivity contribution >= 4 is 92.6 Å². The lowest BCUT2D eigenvalue weighted by atomic mass is 9.99. The summed E-state index contributed by atoms with van der Waals surface area (Å²) in [5.74, 6) is -2.53. The Hall–Kier alpha value is -4.72. The molecule has 9 heterocycles. The van der Waals surface area contributed by atoms with E-state index in [1.165, 1.54) is 40.5 Å². The quantitative estimate of drug-likeness (QED) is 0.0267. The molecule has 416 valence electrons. The van der Waals surface area contributed by atoms with Gasteiger partial charge in [-0.2, -0.15) is 13.6 Å². The van der Waals surface area contributed by atoms with Crippen LogP contribution in [0.3, 0.4) is 0 Å². The van der Waals surface area contributed by atoms with E-state index < -0.39 is 133 Å². The van der Waals surface area contributed by atoms with Crippen LogP contribution in [0.1, 0.15) is 18.7 Å². The third kappa shape index (κ3) is 10.9. The molecule has 4 unspecified atom stereocenters. The third-order valence-corrected chi connectivity index (χ3v) is 20.8. The van der Waals surface area contributed by atoms with Crippen molar-refractivity contribution in [3.8, 4) is 0 Å². The minimum Gasteiger partial charge on any atom is -0.387 e. The van der Waals surface area contributed by atoms with Gasteiger partial charge in [0.2, 0.25) is 17.7 Å². The predicted octanol–water partition coefficient (Wildman–Crippen LogP) is -3.02. The van der Waals surface area contributed by atoms with E-state index in [0.717, 1.165) is 24.3 Å². The van der Waals surface area contributed by atoms with Crippen LogP contribution >= 0.6 is 41.4 Å². The van der Waals surface area contributed by atoms with Crippen LogP contribution in [0.5, 0.6) is 0 Å². The molecular formula is C34H48N15O22P4S+. The van der Waals surface area contributed by atoms with Crippen molar-refractivity contribution in [2.75, 3.05) is 57.0 Å². The lowest BCUT2D eigenvalue weighted by Gasteiger charge is -2.28. The molecule has 42 heteroatoms. The Kier molecular flexibility index (Phi) is 15.6. The number of nitrogen functional groups attached to an aromatic ring is 3. The number of hydrogen-bond acceptors (Lipinski definition) is 28. The van der Waals surface area contributed by atoms with E-state index in [-0.39, 0.29) is 69.2 Å². The van der Waals surface area contributed by atoms with Gasteiger partial charge in [0, 0.05) is 25.9 Å². The summed E-state index contributed by atoms with van der Waals surface area (Å²) in [5, 5.41) is 33.3. The van der Waals surface area contributed by atoms with Crippen molar-refractivity contribution in [2.45, 2.75) is 67.1 Å². The van der Waals surface area contributed by atoms with Crippen LogP contribution in [0.25, 0.3) is 33.5 Å².